The molecule has 1 heterocycles. The third kappa shape index (κ3) is 2.29. The summed E-state index contributed by atoms with van der Waals surface area (Å²) in [4.78, 5) is 4.35. The van der Waals surface area contributed by atoms with Gasteiger partial charge in [0.05, 0.1) is 6.04 Å². The van der Waals surface area contributed by atoms with Gasteiger partial charge in [-0.1, -0.05) is 60.7 Å². The summed E-state index contributed by atoms with van der Waals surface area (Å²) in [6, 6.07) is 21.3. The molecule has 2 nitrogen and oxygen atoms in total. The van der Waals surface area contributed by atoms with Crippen LogP contribution < -0.4 is 0 Å². The molecule has 94 valence electrons. The van der Waals surface area contributed by atoms with E-state index in [4.69, 9.17) is 0 Å². The van der Waals surface area contributed by atoms with Crippen molar-refractivity contribution in [2.45, 2.75) is 13.0 Å². The fourth-order valence-electron chi connectivity index (χ4n) is 2.44. The topological polar surface area (TPSA) is 17.8 Å². The van der Waals surface area contributed by atoms with Crippen LogP contribution in [0.15, 0.2) is 73.1 Å². The van der Waals surface area contributed by atoms with Gasteiger partial charge in [-0.05, 0) is 18.1 Å². The van der Waals surface area contributed by atoms with Crippen LogP contribution in [0.1, 0.15) is 23.0 Å². The number of aromatic nitrogens is 2. The lowest BCUT2D eigenvalue weighted by Crippen LogP contribution is -2.12. The van der Waals surface area contributed by atoms with Crippen LogP contribution in [0.2, 0.25) is 0 Å². The van der Waals surface area contributed by atoms with Gasteiger partial charge in [-0.3, -0.25) is 0 Å². The number of benzene rings is 2. The molecule has 0 radical (unpaired) electrons. The first kappa shape index (κ1) is 11.7. The summed E-state index contributed by atoms with van der Waals surface area (Å²) in [7, 11) is 0. The van der Waals surface area contributed by atoms with E-state index in [0.717, 1.165) is 5.82 Å². The summed E-state index contributed by atoms with van der Waals surface area (Å²) in [5, 5.41) is 0. The van der Waals surface area contributed by atoms with Crippen molar-refractivity contribution in [2.75, 3.05) is 0 Å². The van der Waals surface area contributed by atoms with Gasteiger partial charge in [0.25, 0.3) is 0 Å². The molecule has 0 aliphatic rings. The SMILES string of the molecule is Cc1nccn1C(c1ccccc1)c1ccccc1. The number of rotatable bonds is 3. The monoisotopic (exact) mass is 248 g/mol. The van der Waals surface area contributed by atoms with E-state index in [9.17, 15) is 0 Å². The van der Waals surface area contributed by atoms with Crippen LogP contribution in [-0.4, -0.2) is 9.55 Å². The predicted molar refractivity (Wildman–Crippen MR) is 77.1 cm³/mol. The van der Waals surface area contributed by atoms with Gasteiger partial charge in [0, 0.05) is 12.4 Å². The van der Waals surface area contributed by atoms with Gasteiger partial charge in [-0.25, -0.2) is 4.98 Å². The molecule has 0 saturated heterocycles. The summed E-state index contributed by atoms with van der Waals surface area (Å²) in [6.45, 7) is 2.04. The van der Waals surface area contributed by atoms with Crippen LogP contribution in [0, 0.1) is 6.92 Å². The first-order chi connectivity index (χ1) is 9.36. The molecule has 0 fully saturated rings. The molecule has 2 aromatic carbocycles. The van der Waals surface area contributed by atoms with E-state index >= 15 is 0 Å². The zero-order chi connectivity index (χ0) is 13.1. The van der Waals surface area contributed by atoms with Crippen LogP contribution in [0.4, 0.5) is 0 Å². The number of hydrogen-bond donors (Lipinski definition) is 0. The Morgan fingerprint density at radius 3 is 1.79 bits per heavy atom. The van der Waals surface area contributed by atoms with Crippen LogP contribution in [0.3, 0.4) is 0 Å². The molecule has 19 heavy (non-hydrogen) atoms. The minimum atomic E-state index is 0.185. The van der Waals surface area contributed by atoms with E-state index in [1.807, 2.05) is 31.5 Å². The second-order valence-electron chi connectivity index (χ2n) is 4.61. The molecule has 3 rings (SSSR count). The minimum absolute atomic E-state index is 0.185. The Morgan fingerprint density at radius 2 is 1.37 bits per heavy atom. The van der Waals surface area contributed by atoms with Gasteiger partial charge < -0.3 is 4.57 Å². The summed E-state index contributed by atoms with van der Waals surface area (Å²) in [6.07, 6.45) is 3.90. The van der Waals surface area contributed by atoms with Crippen molar-refractivity contribution in [1.82, 2.24) is 9.55 Å². The molecule has 2 heteroatoms. The summed E-state index contributed by atoms with van der Waals surface area (Å²) < 4.78 is 2.21. The highest BCUT2D eigenvalue weighted by Gasteiger charge is 2.16. The van der Waals surface area contributed by atoms with Crippen molar-refractivity contribution >= 4 is 0 Å². The largest absolute Gasteiger partial charge is 0.324 e. The number of hydrogen-bond acceptors (Lipinski definition) is 1. The van der Waals surface area contributed by atoms with Crippen molar-refractivity contribution in [2.24, 2.45) is 0 Å². The second-order valence-corrected chi connectivity index (χ2v) is 4.61. The van der Waals surface area contributed by atoms with Crippen LogP contribution in [0.5, 0.6) is 0 Å². The Kier molecular flexibility index (Phi) is 3.15. The average Bonchev–Trinajstić information content (AvgIpc) is 2.88. The minimum Gasteiger partial charge on any atom is -0.324 e. The van der Waals surface area contributed by atoms with Crippen molar-refractivity contribution in [1.29, 1.82) is 0 Å². The van der Waals surface area contributed by atoms with Gasteiger partial charge in [0.1, 0.15) is 5.82 Å². The lowest BCUT2D eigenvalue weighted by atomic mass is 9.98. The summed E-state index contributed by atoms with van der Waals surface area (Å²) >= 11 is 0. The highest BCUT2D eigenvalue weighted by atomic mass is 15.1. The highest BCUT2D eigenvalue weighted by molar-refractivity contribution is 5.33. The van der Waals surface area contributed by atoms with Gasteiger partial charge in [0.2, 0.25) is 0 Å². The molecule has 0 spiro atoms. The molecule has 0 aliphatic carbocycles. The predicted octanol–water partition coefficient (Wildman–Crippen LogP) is 3.83. The fraction of sp³-hybridized carbons (Fsp3) is 0.118. The number of aryl methyl sites for hydroxylation is 1. The van der Waals surface area contributed by atoms with Gasteiger partial charge >= 0.3 is 0 Å². The maximum atomic E-state index is 4.35. The average molecular weight is 248 g/mol. The van der Waals surface area contributed by atoms with Crippen molar-refractivity contribution in [3.05, 3.63) is 90.0 Å². The molecular formula is C17H16N2. The Hall–Kier alpha value is -2.35. The third-order valence-corrected chi connectivity index (χ3v) is 3.37. The second kappa shape index (κ2) is 5.11. The molecule has 0 atom stereocenters. The normalized spacial score (nSPS) is 10.8. The van der Waals surface area contributed by atoms with E-state index in [-0.39, 0.29) is 6.04 Å². The molecule has 1 aromatic heterocycles. The quantitative estimate of drug-likeness (QED) is 0.688. The van der Waals surface area contributed by atoms with E-state index in [1.165, 1.54) is 11.1 Å². The molecule has 0 N–H and O–H groups in total. The van der Waals surface area contributed by atoms with Gasteiger partial charge in [0.15, 0.2) is 0 Å². The van der Waals surface area contributed by atoms with Crippen molar-refractivity contribution < 1.29 is 0 Å². The maximum Gasteiger partial charge on any atom is 0.106 e. The van der Waals surface area contributed by atoms with E-state index in [2.05, 4.69) is 58.1 Å². The van der Waals surface area contributed by atoms with E-state index in [0.29, 0.717) is 0 Å². The maximum absolute atomic E-state index is 4.35. The summed E-state index contributed by atoms with van der Waals surface area (Å²) in [5.41, 5.74) is 2.55. The zero-order valence-corrected chi connectivity index (χ0v) is 10.9. The van der Waals surface area contributed by atoms with Crippen LogP contribution >= 0.6 is 0 Å². The lowest BCUT2D eigenvalue weighted by molar-refractivity contribution is 0.654. The first-order valence-electron chi connectivity index (χ1n) is 6.45. The number of nitrogens with zero attached hydrogens (tertiary/aromatic N) is 2. The molecule has 0 bridgehead atoms. The lowest BCUT2D eigenvalue weighted by Gasteiger charge is -2.21. The molecule has 0 saturated carbocycles. The van der Waals surface area contributed by atoms with Crippen LogP contribution in [-0.2, 0) is 0 Å². The molecular weight excluding hydrogens is 232 g/mol. The fourth-order valence-corrected chi connectivity index (χ4v) is 2.44. The number of imidazole rings is 1. The van der Waals surface area contributed by atoms with E-state index < -0.39 is 0 Å². The summed E-state index contributed by atoms with van der Waals surface area (Å²) in [5.74, 6) is 1.03. The first-order valence-corrected chi connectivity index (χ1v) is 6.45. The van der Waals surface area contributed by atoms with E-state index in [1.54, 1.807) is 0 Å². The highest BCUT2D eigenvalue weighted by Crippen LogP contribution is 2.27. The smallest absolute Gasteiger partial charge is 0.106 e. The van der Waals surface area contributed by atoms with Gasteiger partial charge in [-0.2, -0.15) is 0 Å². The zero-order valence-electron chi connectivity index (χ0n) is 10.9. The third-order valence-electron chi connectivity index (χ3n) is 3.37. The molecule has 0 unspecified atom stereocenters. The van der Waals surface area contributed by atoms with Crippen molar-refractivity contribution in [3.63, 3.8) is 0 Å². The molecule has 3 aromatic rings. The Balaban J connectivity index is 2.15. The van der Waals surface area contributed by atoms with Gasteiger partial charge in [-0.15, -0.1) is 0 Å². The molecule has 0 aliphatic heterocycles. The Labute approximate surface area is 113 Å². The molecule has 0 amide bonds. The van der Waals surface area contributed by atoms with Crippen molar-refractivity contribution in [3.8, 4) is 0 Å². The standard InChI is InChI=1S/C17H16N2/c1-14-18-12-13-19(14)17(15-8-4-2-5-9-15)16-10-6-3-7-11-16/h2-13,17H,1H3. The van der Waals surface area contributed by atoms with Crippen LogP contribution in [0.25, 0.3) is 0 Å². The Morgan fingerprint density at radius 1 is 0.842 bits per heavy atom. The Bertz CT molecular complexity index is 602.